The molecule has 2 N–H and O–H groups in total. The van der Waals surface area contributed by atoms with Gasteiger partial charge in [-0.3, -0.25) is 0 Å². The second-order valence-corrected chi connectivity index (χ2v) is 16.7. The number of thiazole rings is 1. The molecule has 0 unspecified atom stereocenters. The Morgan fingerprint density at radius 3 is 2.85 bits per heavy atom. The van der Waals surface area contributed by atoms with Crippen LogP contribution < -0.4 is 5.32 Å². The maximum Gasteiger partial charge on any atom is 0.407 e. The molecule has 4 rings (SSSR count). The Balaban J connectivity index is 1.63. The molecular formula is C23H33N5O3SSi. The second-order valence-electron chi connectivity index (χ2n) is 9.87. The van der Waals surface area contributed by atoms with Crippen LogP contribution in [-0.2, 0) is 11.5 Å². The second kappa shape index (κ2) is 9.82. The van der Waals surface area contributed by atoms with E-state index in [1.54, 1.807) is 11.3 Å². The lowest BCUT2D eigenvalue weighted by molar-refractivity contribution is 0.0899. The van der Waals surface area contributed by atoms with Crippen molar-refractivity contribution in [1.82, 2.24) is 19.4 Å². The van der Waals surface area contributed by atoms with E-state index >= 15 is 0 Å². The quantitative estimate of drug-likeness (QED) is 0.329. The third-order valence-electron chi connectivity index (χ3n) is 5.94. The molecule has 0 aliphatic carbocycles. The van der Waals surface area contributed by atoms with Crippen molar-refractivity contribution >= 4 is 42.2 Å². The van der Waals surface area contributed by atoms with E-state index in [-0.39, 0.29) is 6.04 Å². The number of likely N-dealkylation sites (tertiary alicyclic amines) is 1. The van der Waals surface area contributed by atoms with E-state index in [0.717, 1.165) is 57.7 Å². The predicted octanol–water partition coefficient (Wildman–Crippen LogP) is 5.33. The molecule has 1 saturated heterocycles. The van der Waals surface area contributed by atoms with E-state index in [1.807, 2.05) is 30.1 Å². The SMILES string of the molecule is Cc1ncc(-c2cnc3c(ccn3COCC[Si](C)(C)C)c2N[C@@H]2CCCN(C(=O)O)C2)s1. The third-order valence-corrected chi connectivity index (χ3v) is 8.59. The molecule has 1 amide bonds. The van der Waals surface area contributed by atoms with Gasteiger partial charge in [0.1, 0.15) is 12.4 Å². The molecule has 1 aliphatic rings. The molecule has 1 atom stereocenters. The Morgan fingerprint density at radius 1 is 1.33 bits per heavy atom. The summed E-state index contributed by atoms with van der Waals surface area (Å²) < 4.78 is 8.01. The van der Waals surface area contributed by atoms with Gasteiger partial charge >= 0.3 is 6.09 Å². The topological polar surface area (TPSA) is 92.5 Å². The van der Waals surface area contributed by atoms with Gasteiger partial charge in [-0.15, -0.1) is 11.3 Å². The molecule has 10 heteroatoms. The lowest BCUT2D eigenvalue weighted by Crippen LogP contribution is -2.44. The molecule has 0 spiro atoms. The highest BCUT2D eigenvalue weighted by molar-refractivity contribution is 7.15. The fourth-order valence-corrected chi connectivity index (χ4v) is 5.64. The van der Waals surface area contributed by atoms with Crippen LogP contribution in [0.25, 0.3) is 21.5 Å². The first-order chi connectivity index (χ1) is 15.7. The van der Waals surface area contributed by atoms with Gasteiger partial charge in [-0.2, -0.15) is 0 Å². The average Bonchev–Trinajstić information content (AvgIpc) is 3.37. The van der Waals surface area contributed by atoms with Gasteiger partial charge in [0.05, 0.1) is 15.6 Å². The maximum absolute atomic E-state index is 11.5. The molecule has 0 aromatic carbocycles. The number of anilines is 1. The number of hydrogen-bond donors (Lipinski definition) is 2. The molecular weight excluding hydrogens is 454 g/mol. The van der Waals surface area contributed by atoms with Gasteiger partial charge in [0.25, 0.3) is 0 Å². The van der Waals surface area contributed by atoms with Crippen molar-refractivity contribution in [2.24, 2.45) is 0 Å². The minimum atomic E-state index is -1.13. The lowest BCUT2D eigenvalue weighted by atomic mass is 10.0. The number of hydrogen-bond acceptors (Lipinski definition) is 6. The molecule has 0 radical (unpaired) electrons. The standard InChI is InChI=1S/C23H33N5O3SSi/c1-16-24-13-20(32-16)19-12-25-22-18(7-9-28(22)15-31-10-11-33(2,3)4)21(19)26-17-6-5-8-27(14-17)23(29)30/h7,9,12-13,17H,5-6,8,10-11,14-15H2,1-4H3,(H,25,26)(H,29,30)/t17-/m1/s1. The summed E-state index contributed by atoms with van der Waals surface area (Å²) >= 11 is 1.63. The van der Waals surface area contributed by atoms with Crippen molar-refractivity contribution in [3.05, 3.63) is 29.7 Å². The zero-order chi connectivity index (χ0) is 23.6. The van der Waals surface area contributed by atoms with Crippen LogP contribution in [0.1, 0.15) is 17.8 Å². The summed E-state index contributed by atoms with van der Waals surface area (Å²) in [5.74, 6) is 0. The van der Waals surface area contributed by atoms with Crippen LogP contribution in [0.3, 0.4) is 0 Å². The third kappa shape index (κ3) is 5.74. The van der Waals surface area contributed by atoms with E-state index in [1.165, 1.54) is 4.90 Å². The average molecular weight is 488 g/mol. The van der Waals surface area contributed by atoms with E-state index in [9.17, 15) is 9.90 Å². The highest BCUT2D eigenvalue weighted by atomic mass is 32.1. The van der Waals surface area contributed by atoms with Gasteiger partial charge in [0, 0.05) is 63.4 Å². The molecule has 8 nitrogen and oxygen atoms in total. The number of aryl methyl sites for hydroxylation is 1. The summed E-state index contributed by atoms with van der Waals surface area (Å²) in [6.07, 6.45) is 6.71. The van der Waals surface area contributed by atoms with Crippen molar-refractivity contribution in [1.29, 1.82) is 0 Å². The number of pyridine rings is 1. The van der Waals surface area contributed by atoms with Gasteiger partial charge in [-0.1, -0.05) is 19.6 Å². The van der Waals surface area contributed by atoms with Crippen LogP contribution in [0.4, 0.5) is 10.5 Å². The molecule has 1 fully saturated rings. The van der Waals surface area contributed by atoms with Gasteiger partial charge < -0.3 is 24.6 Å². The number of fused-ring (bicyclic) bond motifs is 1. The minimum Gasteiger partial charge on any atom is -0.465 e. The zero-order valence-corrected chi connectivity index (χ0v) is 21.6. The van der Waals surface area contributed by atoms with Gasteiger partial charge in [0.2, 0.25) is 0 Å². The number of ether oxygens (including phenoxy) is 1. The van der Waals surface area contributed by atoms with Crippen LogP contribution in [-0.4, -0.2) is 64.4 Å². The summed E-state index contributed by atoms with van der Waals surface area (Å²) in [4.78, 5) is 23.3. The molecule has 0 saturated carbocycles. The summed E-state index contributed by atoms with van der Waals surface area (Å²) in [7, 11) is -1.13. The van der Waals surface area contributed by atoms with Crippen molar-refractivity contribution in [3.63, 3.8) is 0 Å². The van der Waals surface area contributed by atoms with Crippen LogP contribution in [0.15, 0.2) is 24.7 Å². The van der Waals surface area contributed by atoms with Crippen LogP contribution in [0.5, 0.6) is 0 Å². The Kier molecular flexibility index (Phi) is 7.06. The van der Waals surface area contributed by atoms with Crippen molar-refractivity contribution in [3.8, 4) is 10.4 Å². The monoisotopic (exact) mass is 487 g/mol. The molecule has 33 heavy (non-hydrogen) atoms. The fourth-order valence-electron chi connectivity index (χ4n) is 4.08. The largest absolute Gasteiger partial charge is 0.465 e. The maximum atomic E-state index is 11.5. The zero-order valence-electron chi connectivity index (χ0n) is 19.8. The first-order valence-electron chi connectivity index (χ1n) is 11.4. The molecule has 4 heterocycles. The highest BCUT2D eigenvalue weighted by Gasteiger charge is 2.25. The molecule has 3 aromatic rings. The van der Waals surface area contributed by atoms with E-state index in [0.29, 0.717) is 19.8 Å². The lowest BCUT2D eigenvalue weighted by Gasteiger charge is -2.32. The Morgan fingerprint density at radius 2 is 2.15 bits per heavy atom. The highest BCUT2D eigenvalue weighted by Crippen LogP contribution is 2.37. The number of nitrogens with zero attached hydrogens (tertiary/aromatic N) is 4. The molecule has 3 aromatic heterocycles. The van der Waals surface area contributed by atoms with Crippen molar-refractivity contribution < 1.29 is 14.6 Å². The fraction of sp³-hybridized carbons (Fsp3) is 0.522. The van der Waals surface area contributed by atoms with Gasteiger partial charge in [0.15, 0.2) is 0 Å². The molecule has 0 bridgehead atoms. The van der Waals surface area contributed by atoms with Crippen molar-refractivity contribution in [2.45, 2.75) is 58.2 Å². The number of piperidine rings is 1. The summed E-state index contributed by atoms with van der Waals surface area (Å²) in [6, 6.07) is 3.25. The number of carbonyl (C=O) groups is 1. The number of amides is 1. The Bertz CT molecular complexity index is 1120. The van der Waals surface area contributed by atoms with Crippen LogP contribution in [0.2, 0.25) is 25.7 Å². The number of carboxylic acid groups (broad SMARTS) is 1. The Hall–Kier alpha value is -2.43. The van der Waals surface area contributed by atoms with E-state index in [2.05, 4.69) is 36.0 Å². The van der Waals surface area contributed by atoms with Gasteiger partial charge in [-0.25, -0.2) is 14.8 Å². The minimum absolute atomic E-state index is 0.0459. The predicted molar refractivity (Wildman–Crippen MR) is 136 cm³/mol. The number of rotatable bonds is 8. The number of aromatic nitrogens is 3. The number of nitrogens with one attached hydrogen (secondary N) is 1. The molecule has 1 aliphatic heterocycles. The smallest absolute Gasteiger partial charge is 0.407 e. The van der Waals surface area contributed by atoms with Crippen LogP contribution >= 0.6 is 11.3 Å². The first-order valence-corrected chi connectivity index (χ1v) is 16.0. The normalized spacial score (nSPS) is 17.0. The Labute approximate surface area is 199 Å². The summed E-state index contributed by atoms with van der Waals surface area (Å²) in [5.41, 5.74) is 2.85. The van der Waals surface area contributed by atoms with Crippen LogP contribution in [0, 0.1) is 6.92 Å². The van der Waals surface area contributed by atoms with E-state index < -0.39 is 14.2 Å². The van der Waals surface area contributed by atoms with E-state index in [4.69, 9.17) is 9.72 Å². The molecule has 178 valence electrons. The summed E-state index contributed by atoms with van der Waals surface area (Å²) in [6.45, 7) is 11.3. The van der Waals surface area contributed by atoms with Crippen molar-refractivity contribution in [2.75, 3.05) is 25.0 Å². The van der Waals surface area contributed by atoms with Gasteiger partial charge in [-0.05, 0) is 31.9 Å². The first kappa shape index (κ1) is 23.7. The summed E-state index contributed by atoms with van der Waals surface area (Å²) in [5, 5.41) is 15.1.